The van der Waals surface area contributed by atoms with Crippen LogP contribution in [0.3, 0.4) is 0 Å². The van der Waals surface area contributed by atoms with E-state index in [9.17, 15) is 15.2 Å². The molecule has 0 aliphatic heterocycles. The maximum Gasteiger partial charge on any atom is 0.270 e. The largest absolute Gasteiger partial charge is 0.497 e. The lowest BCUT2D eigenvalue weighted by atomic mass is 10.1. The standard InChI is InChI=1S/C16H17N3O3S/c1-16(2,21)9-23-15-18-13(12(8-17)14(20)19-15)10-4-6-11(22-3)7-5-10/h4-7,21H,9H2,1-3H3,(H,18,19,20). The zero-order chi connectivity index (χ0) is 17.0. The van der Waals surface area contributed by atoms with Crippen LogP contribution in [-0.4, -0.2) is 33.5 Å². The van der Waals surface area contributed by atoms with E-state index >= 15 is 0 Å². The summed E-state index contributed by atoms with van der Waals surface area (Å²) in [6.07, 6.45) is 0. The highest BCUT2D eigenvalue weighted by Crippen LogP contribution is 2.25. The van der Waals surface area contributed by atoms with E-state index in [2.05, 4.69) is 9.97 Å². The molecule has 0 spiro atoms. The van der Waals surface area contributed by atoms with Crippen LogP contribution in [0.4, 0.5) is 0 Å². The number of ether oxygens (including phenoxy) is 1. The molecule has 0 amide bonds. The molecule has 0 aliphatic rings. The number of thioether (sulfide) groups is 1. The lowest BCUT2D eigenvalue weighted by Crippen LogP contribution is -2.22. The summed E-state index contributed by atoms with van der Waals surface area (Å²) in [5.74, 6) is 1.04. The lowest BCUT2D eigenvalue weighted by molar-refractivity contribution is 0.107. The summed E-state index contributed by atoms with van der Waals surface area (Å²) in [6, 6.07) is 8.86. The SMILES string of the molecule is COc1ccc(-c2nc(SCC(C)(C)O)[nH]c(=O)c2C#N)cc1. The van der Waals surface area contributed by atoms with Crippen molar-refractivity contribution in [3.8, 4) is 23.1 Å². The predicted molar refractivity (Wildman–Crippen MR) is 88.6 cm³/mol. The predicted octanol–water partition coefficient (Wildman–Crippen LogP) is 2.18. The summed E-state index contributed by atoms with van der Waals surface area (Å²) in [6.45, 7) is 3.35. The molecule has 0 saturated carbocycles. The summed E-state index contributed by atoms with van der Waals surface area (Å²) in [7, 11) is 1.56. The van der Waals surface area contributed by atoms with Gasteiger partial charge in [0.15, 0.2) is 5.16 Å². The Hall–Kier alpha value is -2.30. The zero-order valence-electron chi connectivity index (χ0n) is 13.1. The van der Waals surface area contributed by atoms with Gasteiger partial charge in [-0.1, -0.05) is 11.8 Å². The van der Waals surface area contributed by atoms with Crippen molar-refractivity contribution in [2.75, 3.05) is 12.9 Å². The summed E-state index contributed by atoms with van der Waals surface area (Å²) in [5.41, 5.74) is -0.456. The van der Waals surface area contributed by atoms with Crippen LogP contribution < -0.4 is 10.3 Å². The molecule has 6 nitrogen and oxygen atoms in total. The highest BCUT2D eigenvalue weighted by molar-refractivity contribution is 7.99. The Labute approximate surface area is 138 Å². The summed E-state index contributed by atoms with van der Waals surface area (Å²) < 4.78 is 5.10. The second-order valence-electron chi connectivity index (χ2n) is 5.54. The summed E-state index contributed by atoms with van der Waals surface area (Å²) >= 11 is 1.23. The lowest BCUT2D eigenvalue weighted by Gasteiger charge is -2.15. The third kappa shape index (κ3) is 4.34. The van der Waals surface area contributed by atoms with Crippen LogP contribution in [0.5, 0.6) is 5.75 Å². The second-order valence-corrected chi connectivity index (χ2v) is 6.50. The van der Waals surface area contributed by atoms with E-state index in [1.165, 1.54) is 11.8 Å². The molecule has 2 rings (SSSR count). The first kappa shape index (κ1) is 17.1. The van der Waals surface area contributed by atoms with Crippen molar-refractivity contribution in [3.05, 3.63) is 40.2 Å². The Morgan fingerprint density at radius 2 is 2.04 bits per heavy atom. The van der Waals surface area contributed by atoms with E-state index in [0.29, 0.717) is 27.9 Å². The van der Waals surface area contributed by atoms with E-state index in [-0.39, 0.29) is 5.56 Å². The van der Waals surface area contributed by atoms with Crippen LogP contribution in [-0.2, 0) is 0 Å². The number of nitrogens with one attached hydrogen (secondary N) is 1. The fraction of sp³-hybridized carbons (Fsp3) is 0.312. The number of methoxy groups -OCH3 is 1. The first-order valence-electron chi connectivity index (χ1n) is 6.88. The Morgan fingerprint density at radius 1 is 1.39 bits per heavy atom. The van der Waals surface area contributed by atoms with Gasteiger partial charge in [-0.3, -0.25) is 4.79 Å². The van der Waals surface area contributed by atoms with Crippen molar-refractivity contribution in [1.29, 1.82) is 5.26 Å². The van der Waals surface area contributed by atoms with Crippen LogP contribution in [0.2, 0.25) is 0 Å². The molecule has 0 bridgehead atoms. The Morgan fingerprint density at radius 3 is 2.57 bits per heavy atom. The number of aromatic amines is 1. The maximum atomic E-state index is 12.1. The summed E-state index contributed by atoms with van der Waals surface area (Å²) in [4.78, 5) is 19.0. The highest BCUT2D eigenvalue weighted by atomic mass is 32.2. The molecular weight excluding hydrogens is 314 g/mol. The minimum atomic E-state index is -0.891. The molecule has 2 aromatic rings. The zero-order valence-corrected chi connectivity index (χ0v) is 13.9. The number of nitriles is 1. The van der Waals surface area contributed by atoms with Crippen molar-refractivity contribution in [2.45, 2.75) is 24.6 Å². The molecular formula is C16H17N3O3S. The molecule has 0 saturated heterocycles. The molecule has 1 aromatic carbocycles. The van der Waals surface area contributed by atoms with Crippen molar-refractivity contribution in [3.63, 3.8) is 0 Å². The van der Waals surface area contributed by atoms with Crippen molar-refractivity contribution in [1.82, 2.24) is 9.97 Å². The van der Waals surface area contributed by atoms with Crippen LogP contribution in [0.15, 0.2) is 34.2 Å². The van der Waals surface area contributed by atoms with Crippen molar-refractivity contribution in [2.24, 2.45) is 0 Å². The number of H-pyrrole nitrogens is 1. The van der Waals surface area contributed by atoms with Gasteiger partial charge in [0.25, 0.3) is 5.56 Å². The van der Waals surface area contributed by atoms with Crippen LogP contribution in [0, 0.1) is 11.3 Å². The van der Waals surface area contributed by atoms with E-state index in [0.717, 1.165) is 0 Å². The molecule has 120 valence electrons. The van der Waals surface area contributed by atoms with Gasteiger partial charge in [0.1, 0.15) is 17.4 Å². The number of aliphatic hydroxyl groups is 1. The summed E-state index contributed by atoms with van der Waals surface area (Å²) in [5, 5.41) is 19.4. The van der Waals surface area contributed by atoms with Crippen LogP contribution in [0.1, 0.15) is 19.4 Å². The molecule has 1 aromatic heterocycles. The van der Waals surface area contributed by atoms with Gasteiger partial charge in [-0.05, 0) is 38.1 Å². The van der Waals surface area contributed by atoms with E-state index < -0.39 is 11.2 Å². The maximum absolute atomic E-state index is 12.1. The van der Waals surface area contributed by atoms with Gasteiger partial charge < -0.3 is 14.8 Å². The molecule has 7 heteroatoms. The Bertz CT molecular complexity index is 786. The Kier molecular flexibility index (Phi) is 5.08. The van der Waals surface area contributed by atoms with Crippen LogP contribution in [0.25, 0.3) is 11.3 Å². The molecule has 0 radical (unpaired) electrons. The number of hydrogen-bond acceptors (Lipinski definition) is 6. The molecule has 0 aliphatic carbocycles. The minimum absolute atomic E-state index is 0.0391. The van der Waals surface area contributed by atoms with Gasteiger partial charge in [-0.15, -0.1) is 0 Å². The number of hydrogen-bond donors (Lipinski definition) is 2. The second kappa shape index (κ2) is 6.86. The molecule has 0 unspecified atom stereocenters. The molecule has 1 heterocycles. The van der Waals surface area contributed by atoms with E-state index in [4.69, 9.17) is 4.74 Å². The van der Waals surface area contributed by atoms with Gasteiger partial charge in [0.05, 0.1) is 18.4 Å². The van der Waals surface area contributed by atoms with Crippen LogP contribution >= 0.6 is 11.8 Å². The van der Waals surface area contributed by atoms with Gasteiger partial charge in [0.2, 0.25) is 0 Å². The number of rotatable bonds is 5. The average Bonchev–Trinajstić information content (AvgIpc) is 2.52. The van der Waals surface area contributed by atoms with Gasteiger partial charge >= 0.3 is 0 Å². The van der Waals surface area contributed by atoms with Gasteiger partial charge in [-0.2, -0.15) is 5.26 Å². The smallest absolute Gasteiger partial charge is 0.270 e. The first-order chi connectivity index (χ1) is 10.8. The monoisotopic (exact) mass is 331 g/mol. The quantitative estimate of drug-likeness (QED) is 0.643. The third-order valence-electron chi connectivity index (χ3n) is 2.94. The average molecular weight is 331 g/mol. The van der Waals surface area contributed by atoms with Crippen molar-refractivity contribution < 1.29 is 9.84 Å². The van der Waals surface area contributed by atoms with E-state index in [1.54, 1.807) is 45.2 Å². The molecule has 2 N–H and O–H groups in total. The third-order valence-corrected chi connectivity index (χ3v) is 4.25. The fourth-order valence-electron chi connectivity index (χ4n) is 1.83. The topological polar surface area (TPSA) is 99.0 Å². The van der Waals surface area contributed by atoms with Gasteiger partial charge in [0, 0.05) is 11.3 Å². The number of aromatic nitrogens is 2. The minimum Gasteiger partial charge on any atom is -0.497 e. The highest BCUT2D eigenvalue weighted by Gasteiger charge is 2.17. The number of benzene rings is 1. The normalized spacial score (nSPS) is 11.1. The van der Waals surface area contributed by atoms with Crippen molar-refractivity contribution >= 4 is 11.8 Å². The fourth-order valence-corrected chi connectivity index (χ4v) is 2.64. The number of nitrogens with zero attached hydrogens (tertiary/aromatic N) is 2. The van der Waals surface area contributed by atoms with E-state index in [1.807, 2.05) is 6.07 Å². The molecule has 0 fully saturated rings. The molecule has 0 atom stereocenters. The first-order valence-corrected chi connectivity index (χ1v) is 7.86. The van der Waals surface area contributed by atoms with Gasteiger partial charge in [-0.25, -0.2) is 4.98 Å². The molecule has 23 heavy (non-hydrogen) atoms. The Balaban J connectivity index is 2.45.